The smallest absolute Gasteiger partial charge is 0.233 e. The third-order valence-electron chi connectivity index (χ3n) is 4.80. The van der Waals surface area contributed by atoms with Crippen molar-refractivity contribution in [1.82, 2.24) is 20.1 Å². The summed E-state index contributed by atoms with van der Waals surface area (Å²) in [6.45, 7) is 3.27. The first kappa shape index (κ1) is 18.4. The van der Waals surface area contributed by atoms with Gasteiger partial charge < -0.3 is 10.1 Å². The number of benzene rings is 1. The molecule has 1 saturated heterocycles. The molecule has 6 nitrogen and oxygen atoms in total. The monoisotopic (exact) mass is 390 g/mol. The molecule has 4 rings (SSSR count). The molecular formula is C19H23FN4O2S. The number of thioether (sulfide) groups is 1. The van der Waals surface area contributed by atoms with Crippen molar-refractivity contribution in [2.24, 2.45) is 0 Å². The second-order valence-electron chi connectivity index (χ2n) is 7.10. The van der Waals surface area contributed by atoms with Gasteiger partial charge in [-0.1, -0.05) is 11.8 Å². The molecule has 27 heavy (non-hydrogen) atoms. The van der Waals surface area contributed by atoms with Gasteiger partial charge in [0.05, 0.1) is 17.9 Å². The summed E-state index contributed by atoms with van der Waals surface area (Å²) in [5.74, 6) is 0.407. The molecule has 1 aliphatic heterocycles. The summed E-state index contributed by atoms with van der Waals surface area (Å²) in [4.78, 5) is 12.3. The van der Waals surface area contributed by atoms with Crippen molar-refractivity contribution in [3.05, 3.63) is 30.1 Å². The number of carbonyl (C=O) groups excluding carboxylic acids is 1. The van der Waals surface area contributed by atoms with Crippen LogP contribution in [0.1, 0.15) is 32.6 Å². The SMILES string of the molecule is CC(Sc1nnc(-c2ccc(F)cc2)n1CC1CCCO1)C(=O)NC1CC1. The van der Waals surface area contributed by atoms with Crippen molar-refractivity contribution >= 4 is 17.7 Å². The Morgan fingerprint density at radius 2 is 2.11 bits per heavy atom. The lowest BCUT2D eigenvalue weighted by molar-refractivity contribution is -0.120. The van der Waals surface area contributed by atoms with Gasteiger partial charge >= 0.3 is 0 Å². The first-order valence-electron chi connectivity index (χ1n) is 9.38. The standard InChI is InChI=1S/C19H23FN4O2S/c1-12(18(25)21-15-8-9-15)27-19-23-22-17(13-4-6-14(20)7-5-13)24(19)11-16-3-2-10-26-16/h4-7,12,15-16H,2-3,8-11H2,1H3,(H,21,25). The third-order valence-corrected chi connectivity index (χ3v) is 5.89. The van der Waals surface area contributed by atoms with Crippen LogP contribution in [0.3, 0.4) is 0 Å². The van der Waals surface area contributed by atoms with E-state index >= 15 is 0 Å². The highest BCUT2D eigenvalue weighted by atomic mass is 32.2. The largest absolute Gasteiger partial charge is 0.376 e. The lowest BCUT2D eigenvalue weighted by Crippen LogP contribution is -2.32. The summed E-state index contributed by atoms with van der Waals surface area (Å²) >= 11 is 1.40. The minimum atomic E-state index is -0.288. The molecular weight excluding hydrogens is 367 g/mol. The third kappa shape index (κ3) is 4.50. The zero-order chi connectivity index (χ0) is 18.8. The van der Waals surface area contributed by atoms with Crippen LogP contribution in [0.4, 0.5) is 4.39 Å². The summed E-state index contributed by atoms with van der Waals surface area (Å²) in [6.07, 6.45) is 4.26. The maximum atomic E-state index is 13.3. The van der Waals surface area contributed by atoms with Crippen LogP contribution in [-0.4, -0.2) is 44.7 Å². The van der Waals surface area contributed by atoms with Crippen LogP contribution < -0.4 is 5.32 Å². The van der Waals surface area contributed by atoms with E-state index in [2.05, 4.69) is 15.5 Å². The van der Waals surface area contributed by atoms with E-state index in [1.807, 2.05) is 11.5 Å². The Labute approximate surface area is 161 Å². The van der Waals surface area contributed by atoms with Crippen LogP contribution in [0.25, 0.3) is 11.4 Å². The van der Waals surface area contributed by atoms with E-state index in [9.17, 15) is 9.18 Å². The second-order valence-corrected chi connectivity index (χ2v) is 8.41. The number of ether oxygens (including phenoxy) is 1. The lowest BCUT2D eigenvalue weighted by Gasteiger charge is -2.16. The first-order chi connectivity index (χ1) is 13.1. The fourth-order valence-electron chi connectivity index (χ4n) is 3.10. The Balaban J connectivity index is 1.57. The number of halogens is 1. The van der Waals surface area contributed by atoms with Gasteiger partial charge in [-0.2, -0.15) is 0 Å². The van der Waals surface area contributed by atoms with Gasteiger partial charge in [0.2, 0.25) is 5.91 Å². The van der Waals surface area contributed by atoms with Gasteiger partial charge in [0.25, 0.3) is 0 Å². The van der Waals surface area contributed by atoms with Crippen molar-refractivity contribution in [3.8, 4) is 11.4 Å². The normalized spacial score (nSPS) is 20.6. The molecule has 1 saturated carbocycles. The predicted molar refractivity (Wildman–Crippen MR) is 101 cm³/mol. The predicted octanol–water partition coefficient (Wildman–Crippen LogP) is 3.02. The van der Waals surface area contributed by atoms with Crippen molar-refractivity contribution in [3.63, 3.8) is 0 Å². The first-order valence-corrected chi connectivity index (χ1v) is 10.3. The molecule has 0 spiro atoms. The molecule has 1 N–H and O–H groups in total. The highest BCUT2D eigenvalue weighted by Crippen LogP contribution is 2.29. The fourth-order valence-corrected chi connectivity index (χ4v) is 3.97. The van der Waals surface area contributed by atoms with E-state index in [4.69, 9.17) is 4.74 Å². The van der Waals surface area contributed by atoms with Crippen molar-refractivity contribution in [1.29, 1.82) is 0 Å². The lowest BCUT2D eigenvalue weighted by atomic mass is 10.2. The number of nitrogens with zero attached hydrogens (tertiary/aromatic N) is 3. The molecule has 144 valence electrons. The van der Waals surface area contributed by atoms with Crippen LogP contribution in [-0.2, 0) is 16.1 Å². The molecule has 2 unspecified atom stereocenters. The molecule has 2 fully saturated rings. The Bertz CT molecular complexity index is 801. The number of hydrogen-bond acceptors (Lipinski definition) is 5. The minimum absolute atomic E-state index is 0.0255. The van der Waals surface area contributed by atoms with Gasteiger partial charge in [-0.25, -0.2) is 4.39 Å². The quantitative estimate of drug-likeness (QED) is 0.736. The molecule has 8 heteroatoms. The number of carbonyl (C=O) groups is 1. The van der Waals surface area contributed by atoms with E-state index < -0.39 is 0 Å². The molecule has 2 atom stereocenters. The number of rotatable bonds is 7. The molecule has 1 aromatic carbocycles. The van der Waals surface area contributed by atoms with Gasteiger partial charge in [0.1, 0.15) is 5.82 Å². The zero-order valence-corrected chi connectivity index (χ0v) is 16.0. The van der Waals surface area contributed by atoms with E-state index in [-0.39, 0.29) is 23.1 Å². The van der Waals surface area contributed by atoms with Crippen molar-refractivity contribution < 1.29 is 13.9 Å². The summed E-state index contributed by atoms with van der Waals surface area (Å²) in [7, 11) is 0. The molecule has 0 bridgehead atoms. The van der Waals surface area contributed by atoms with E-state index in [1.165, 1.54) is 23.9 Å². The van der Waals surface area contributed by atoms with E-state index in [0.717, 1.165) is 37.9 Å². The van der Waals surface area contributed by atoms with Gasteiger partial charge in [0.15, 0.2) is 11.0 Å². The van der Waals surface area contributed by atoms with Gasteiger partial charge in [-0.3, -0.25) is 9.36 Å². The van der Waals surface area contributed by atoms with Crippen LogP contribution in [0.15, 0.2) is 29.4 Å². The average Bonchev–Trinajstić information content (AvgIpc) is 3.16. The number of nitrogens with one attached hydrogen (secondary N) is 1. The molecule has 2 aliphatic rings. The fraction of sp³-hybridized carbons (Fsp3) is 0.526. The topological polar surface area (TPSA) is 69.0 Å². The summed E-state index contributed by atoms with van der Waals surface area (Å²) in [6, 6.07) is 6.56. The molecule has 0 radical (unpaired) electrons. The maximum Gasteiger partial charge on any atom is 0.233 e. The molecule has 2 aromatic rings. The Kier molecular flexibility index (Phi) is 5.45. The summed E-state index contributed by atoms with van der Waals surface area (Å²) in [5.41, 5.74) is 0.795. The summed E-state index contributed by atoms with van der Waals surface area (Å²) < 4.78 is 21.1. The van der Waals surface area contributed by atoms with E-state index in [0.29, 0.717) is 23.6 Å². The molecule has 2 heterocycles. The number of aromatic nitrogens is 3. The number of hydrogen-bond donors (Lipinski definition) is 1. The Hall–Kier alpha value is -1.93. The van der Waals surface area contributed by atoms with Crippen LogP contribution in [0.5, 0.6) is 0 Å². The van der Waals surface area contributed by atoms with Crippen LogP contribution in [0, 0.1) is 5.82 Å². The Morgan fingerprint density at radius 3 is 2.78 bits per heavy atom. The second kappa shape index (κ2) is 7.98. The molecule has 1 aromatic heterocycles. The van der Waals surface area contributed by atoms with Crippen molar-refractivity contribution in [2.45, 2.75) is 61.7 Å². The molecule has 1 amide bonds. The van der Waals surface area contributed by atoms with Gasteiger partial charge in [-0.05, 0) is 56.9 Å². The van der Waals surface area contributed by atoms with E-state index in [1.54, 1.807) is 12.1 Å². The molecule has 1 aliphatic carbocycles. The van der Waals surface area contributed by atoms with Gasteiger partial charge in [0, 0.05) is 18.2 Å². The minimum Gasteiger partial charge on any atom is -0.376 e. The summed E-state index contributed by atoms with van der Waals surface area (Å²) in [5, 5.41) is 12.1. The Morgan fingerprint density at radius 1 is 1.33 bits per heavy atom. The number of amides is 1. The zero-order valence-electron chi connectivity index (χ0n) is 15.2. The highest BCUT2D eigenvalue weighted by molar-refractivity contribution is 8.00. The van der Waals surface area contributed by atoms with Crippen LogP contribution in [0.2, 0.25) is 0 Å². The maximum absolute atomic E-state index is 13.3. The highest BCUT2D eigenvalue weighted by Gasteiger charge is 2.28. The average molecular weight is 390 g/mol. The van der Waals surface area contributed by atoms with Gasteiger partial charge in [-0.15, -0.1) is 10.2 Å². The van der Waals surface area contributed by atoms with Crippen molar-refractivity contribution in [2.75, 3.05) is 6.61 Å². The van der Waals surface area contributed by atoms with Crippen LogP contribution >= 0.6 is 11.8 Å².